The maximum Gasteiger partial charge on any atom is 0.220 e. The maximum absolute atomic E-state index is 6.01. The van der Waals surface area contributed by atoms with Crippen molar-refractivity contribution in [3.8, 4) is 5.69 Å². The van der Waals surface area contributed by atoms with E-state index in [4.69, 9.17) is 21.1 Å². The van der Waals surface area contributed by atoms with E-state index in [1.165, 1.54) is 0 Å². The minimum Gasteiger partial charge on any atom is -0.437 e. The number of hydrogen-bond donors (Lipinski definition) is 0. The quantitative estimate of drug-likeness (QED) is 0.325. The zero-order valence-corrected chi connectivity index (χ0v) is 17.0. The van der Waals surface area contributed by atoms with Crippen molar-refractivity contribution >= 4 is 56.7 Å². The molecule has 0 aliphatic rings. The van der Waals surface area contributed by atoms with Crippen LogP contribution in [0, 0.1) is 0 Å². The summed E-state index contributed by atoms with van der Waals surface area (Å²) in [4.78, 5) is 6.12. The molecule has 0 aliphatic carbocycles. The Hall–Kier alpha value is -3.96. The zero-order valence-electron chi connectivity index (χ0n) is 16.2. The molecule has 0 spiro atoms. The van der Waals surface area contributed by atoms with Gasteiger partial charge in [0.15, 0.2) is 5.58 Å². The molecule has 6 heteroatoms. The lowest BCUT2D eigenvalue weighted by Gasteiger charge is -1.99. The van der Waals surface area contributed by atoms with E-state index >= 15 is 0 Å². The molecule has 148 valence electrons. The fraction of sp³-hybridized carbons (Fsp3) is 0. The fourth-order valence-corrected chi connectivity index (χ4v) is 3.81. The molecular weight excluding hydrogens is 408 g/mol. The Morgan fingerprint density at radius 3 is 2.58 bits per heavy atom. The van der Waals surface area contributed by atoms with Gasteiger partial charge in [-0.3, -0.25) is 0 Å². The summed E-state index contributed by atoms with van der Waals surface area (Å²) >= 11 is 6.01. The van der Waals surface area contributed by atoms with E-state index in [1.54, 1.807) is 16.9 Å². The predicted octanol–water partition coefficient (Wildman–Crippen LogP) is 6.54. The number of nitrogens with zero attached hydrogens (tertiary/aromatic N) is 4. The van der Waals surface area contributed by atoms with Gasteiger partial charge in [0, 0.05) is 16.5 Å². The first-order valence-corrected chi connectivity index (χ1v) is 10.2. The van der Waals surface area contributed by atoms with Gasteiger partial charge >= 0.3 is 0 Å². The van der Waals surface area contributed by atoms with Gasteiger partial charge in [-0.25, -0.2) is 4.98 Å². The van der Waals surface area contributed by atoms with Crippen LogP contribution in [0.4, 0.5) is 0 Å². The number of oxazole rings is 1. The molecule has 0 radical (unpaired) electrons. The van der Waals surface area contributed by atoms with Crippen LogP contribution in [0.1, 0.15) is 11.5 Å². The van der Waals surface area contributed by atoms with Gasteiger partial charge in [-0.15, -0.1) is 10.2 Å². The van der Waals surface area contributed by atoms with Crippen LogP contribution in [0.2, 0.25) is 5.02 Å². The number of halogens is 1. The van der Waals surface area contributed by atoms with E-state index in [9.17, 15) is 0 Å². The van der Waals surface area contributed by atoms with Gasteiger partial charge in [0.2, 0.25) is 5.89 Å². The lowest BCUT2D eigenvalue weighted by molar-refractivity contribution is 0.590. The van der Waals surface area contributed by atoms with Crippen LogP contribution >= 0.6 is 11.6 Å². The van der Waals surface area contributed by atoms with Crippen molar-refractivity contribution in [3.05, 3.63) is 95.3 Å². The van der Waals surface area contributed by atoms with Gasteiger partial charge in [0.25, 0.3) is 0 Å². The van der Waals surface area contributed by atoms with E-state index < -0.39 is 0 Å². The van der Waals surface area contributed by atoms with Crippen LogP contribution in [0.25, 0.3) is 50.7 Å². The summed E-state index contributed by atoms with van der Waals surface area (Å²) in [6.45, 7) is 0. The van der Waals surface area contributed by atoms with E-state index in [2.05, 4.69) is 28.3 Å². The molecule has 5 nitrogen and oxygen atoms in total. The lowest BCUT2D eigenvalue weighted by Crippen LogP contribution is -1.97. The summed E-state index contributed by atoms with van der Waals surface area (Å²) in [5.74, 6) is 0.535. The van der Waals surface area contributed by atoms with Gasteiger partial charge in [-0.05, 0) is 53.4 Å². The summed E-state index contributed by atoms with van der Waals surface area (Å²) in [6, 6.07) is 25.7. The molecule has 0 saturated heterocycles. The van der Waals surface area contributed by atoms with Crippen LogP contribution in [0.15, 0.2) is 83.3 Å². The van der Waals surface area contributed by atoms with Crippen LogP contribution in [0.3, 0.4) is 0 Å². The number of rotatable bonds is 3. The monoisotopic (exact) mass is 422 g/mol. The first-order chi connectivity index (χ1) is 15.2. The number of benzene rings is 4. The number of aromatic nitrogens is 4. The van der Waals surface area contributed by atoms with Crippen LogP contribution in [-0.2, 0) is 0 Å². The SMILES string of the molecule is Clc1ccc2oc(/C=C/c3ccc(-n4nc5ccc6ccccc6c5n4)cc3)nc2c1. The van der Waals surface area contributed by atoms with Gasteiger partial charge in [-0.2, -0.15) is 4.80 Å². The van der Waals surface area contributed by atoms with Crippen molar-refractivity contribution in [2.24, 2.45) is 0 Å². The Morgan fingerprint density at radius 2 is 1.68 bits per heavy atom. The van der Waals surface area contributed by atoms with Crippen molar-refractivity contribution in [1.29, 1.82) is 0 Å². The van der Waals surface area contributed by atoms with E-state index in [-0.39, 0.29) is 0 Å². The van der Waals surface area contributed by atoms with Gasteiger partial charge < -0.3 is 4.42 Å². The first kappa shape index (κ1) is 17.9. The largest absolute Gasteiger partial charge is 0.437 e. The van der Waals surface area contributed by atoms with E-state index in [0.717, 1.165) is 38.6 Å². The molecule has 0 amide bonds. The fourth-order valence-electron chi connectivity index (χ4n) is 3.64. The van der Waals surface area contributed by atoms with Gasteiger partial charge in [0.1, 0.15) is 16.6 Å². The van der Waals surface area contributed by atoms with Crippen molar-refractivity contribution < 1.29 is 4.42 Å². The van der Waals surface area contributed by atoms with Crippen LogP contribution in [0.5, 0.6) is 0 Å². The molecule has 0 aliphatic heterocycles. The average Bonchev–Trinajstić information content (AvgIpc) is 3.42. The molecule has 0 saturated carbocycles. The topological polar surface area (TPSA) is 56.7 Å². The molecule has 0 unspecified atom stereocenters. The second kappa shape index (κ2) is 7.07. The highest BCUT2D eigenvalue weighted by Gasteiger charge is 2.08. The van der Waals surface area contributed by atoms with Crippen LogP contribution in [-0.4, -0.2) is 20.0 Å². The molecule has 6 aromatic rings. The molecule has 0 N–H and O–H groups in total. The average molecular weight is 423 g/mol. The Labute approximate surface area is 182 Å². The molecule has 2 heterocycles. The highest BCUT2D eigenvalue weighted by molar-refractivity contribution is 6.31. The zero-order chi connectivity index (χ0) is 20.8. The predicted molar refractivity (Wildman–Crippen MR) is 124 cm³/mol. The summed E-state index contributed by atoms with van der Waals surface area (Å²) in [5.41, 5.74) is 5.15. The summed E-state index contributed by atoms with van der Waals surface area (Å²) in [6.07, 6.45) is 3.80. The highest BCUT2D eigenvalue weighted by Crippen LogP contribution is 2.24. The third-order valence-corrected chi connectivity index (χ3v) is 5.42. The maximum atomic E-state index is 6.01. The molecule has 4 aromatic carbocycles. The minimum absolute atomic E-state index is 0.535. The molecule has 6 rings (SSSR count). The van der Waals surface area contributed by atoms with Gasteiger partial charge in [0.05, 0.1) is 5.69 Å². The first-order valence-electron chi connectivity index (χ1n) is 9.82. The van der Waals surface area contributed by atoms with Crippen molar-refractivity contribution in [3.63, 3.8) is 0 Å². The van der Waals surface area contributed by atoms with E-state index in [1.807, 2.05) is 60.7 Å². The molecule has 31 heavy (non-hydrogen) atoms. The molecule has 0 fully saturated rings. The van der Waals surface area contributed by atoms with Crippen LogP contribution < -0.4 is 0 Å². The molecule has 0 bridgehead atoms. The normalized spacial score (nSPS) is 11.9. The molecule has 2 aromatic heterocycles. The van der Waals surface area contributed by atoms with Crippen molar-refractivity contribution in [1.82, 2.24) is 20.0 Å². The van der Waals surface area contributed by atoms with Crippen molar-refractivity contribution in [2.75, 3.05) is 0 Å². The Balaban J connectivity index is 1.29. The highest BCUT2D eigenvalue weighted by atomic mass is 35.5. The van der Waals surface area contributed by atoms with E-state index in [0.29, 0.717) is 16.5 Å². The molecule has 0 atom stereocenters. The molecular formula is C25H15ClN4O. The number of hydrogen-bond acceptors (Lipinski definition) is 4. The summed E-state index contributed by atoms with van der Waals surface area (Å²) < 4.78 is 5.73. The lowest BCUT2D eigenvalue weighted by atomic mass is 10.1. The number of fused-ring (bicyclic) bond motifs is 4. The standard InChI is InChI=1S/C25H15ClN4O/c26-18-9-13-23-22(15-18)27-24(31-23)14-7-16-5-10-19(11-6-16)30-28-21-12-8-17-3-1-2-4-20(17)25(21)29-30/h1-15H/b14-7+. The smallest absolute Gasteiger partial charge is 0.220 e. The second-order valence-corrected chi connectivity index (χ2v) is 7.67. The Kier molecular flexibility index (Phi) is 4.08. The van der Waals surface area contributed by atoms with Crippen molar-refractivity contribution in [2.45, 2.75) is 0 Å². The Morgan fingerprint density at radius 1 is 0.806 bits per heavy atom. The Bertz CT molecular complexity index is 1600. The van der Waals surface area contributed by atoms with Gasteiger partial charge in [-0.1, -0.05) is 54.1 Å². The second-order valence-electron chi connectivity index (χ2n) is 7.23. The summed E-state index contributed by atoms with van der Waals surface area (Å²) in [5, 5.41) is 12.3. The third kappa shape index (κ3) is 3.25. The minimum atomic E-state index is 0.535. The third-order valence-electron chi connectivity index (χ3n) is 5.19. The summed E-state index contributed by atoms with van der Waals surface area (Å²) in [7, 11) is 0.